The minimum absolute atomic E-state index is 0.269. The highest BCUT2D eigenvalue weighted by molar-refractivity contribution is 5.73. The van der Waals surface area contributed by atoms with E-state index in [-0.39, 0.29) is 11.5 Å². The smallest absolute Gasteiger partial charge is 0.172 e. The third-order valence-electron chi connectivity index (χ3n) is 3.51. The Morgan fingerprint density at radius 1 is 1.13 bits per heavy atom. The van der Waals surface area contributed by atoms with Crippen LogP contribution in [0, 0.1) is 5.82 Å². The zero-order chi connectivity index (χ0) is 16.2. The average Bonchev–Trinajstić information content (AvgIpc) is 2.99. The van der Waals surface area contributed by atoms with Gasteiger partial charge in [-0.1, -0.05) is 17.3 Å². The molecule has 2 aromatic carbocycles. The number of methoxy groups -OCH3 is 1. The molecule has 0 saturated carbocycles. The SMILES string of the molecule is COc1ccc(Cc2c(C=O)nnn2-c2ccc(F)cc2)cc1. The molecule has 0 aliphatic carbocycles. The first-order valence-electron chi connectivity index (χ1n) is 7.00. The van der Waals surface area contributed by atoms with Gasteiger partial charge in [0.25, 0.3) is 0 Å². The highest BCUT2D eigenvalue weighted by Gasteiger charge is 2.14. The van der Waals surface area contributed by atoms with E-state index in [1.807, 2.05) is 24.3 Å². The molecule has 0 aliphatic rings. The molecule has 0 bridgehead atoms. The average molecular weight is 311 g/mol. The Balaban J connectivity index is 1.98. The topological polar surface area (TPSA) is 57.0 Å². The number of hydrogen-bond donors (Lipinski definition) is 0. The summed E-state index contributed by atoms with van der Waals surface area (Å²) in [5.74, 6) is 0.427. The molecule has 3 rings (SSSR count). The normalized spacial score (nSPS) is 10.5. The Labute approximate surface area is 132 Å². The summed E-state index contributed by atoms with van der Waals surface area (Å²) in [4.78, 5) is 11.2. The van der Waals surface area contributed by atoms with Crippen LogP contribution in [0.4, 0.5) is 4.39 Å². The molecule has 0 amide bonds. The molecular formula is C17H14FN3O2. The van der Waals surface area contributed by atoms with Crippen LogP contribution in [-0.2, 0) is 6.42 Å². The van der Waals surface area contributed by atoms with Crippen molar-refractivity contribution in [3.05, 3.63) is 71.3 Å². The predicted octanol–water partition coefficient (Wildman–Crippen LogP) is 2.82. The molecule has 0 N–H and O–H groups in total. The van der Waals surface area contributed by atoms with E-state index in [2.05, 4.69) is 10.3 Å². The molecule has 5 nitrogen and oxygen atoms in total. The van der Waals surface area contributed by atoms with Crippen LogP contribution in [-0.4, -0.2) is 28.4 Å². The Hall–Kier alpha value is -3.02. The minimum atomic E-state index is -0.332. The molecule has 0 atom stereocenters. The van der Waals surface area contributed by atoms with Crippen molar-refractivity contribution in [2.75, 3.05) is 7.11 Å². The van der Waals surface area contributed by atoms with Crippen molar-refractivity contribution >= 4 is 6.29 Å². The number of carbonyl (C=O) groups excluding carboxylic acids is 1. The summed E-state index contributed by atoms with van der Waals surface area (Å²) in [6, 6.07) is 13.4. The summed E-state index contributed by atoms with van der Waals surface area (Å²) in [5.41, 5.74) is 2.55. The molecular weight excluding hydrogens is 297 g/mol. The van der Waals surface area contributed by atoms with Gasteiger partial charge in [0.2, 0.25) is 0 Å². The van der Waals surface area contributed by atoms with Gasteiger partial charge in [-0.25, -0.2) is 9.07 Å². The van der Waals surface area contributed by atoms with Gasteiger partial charge >= 0.3 is 0 Å². The van der Waals surface area contributed by atoms with Crippen LogP contribution in [0.1, 0.15) is 21.7 Å². The fraction of sp³-hybridized carbons (Fsp3) is 0.118. The second-order valence-electron chi connectivity index (χ2n) is 4.95. The predicted molar refractivity (Wildman–Crippen MR) is 82.5 cm³/mol. The second kappa shape index (κ2) is 6.39. The summed E-state index contributed by atoms with van der Waals surface area (Å²) in [6.45, 7) is 0. The molecule has 3 aromatic rings. The van der Waals surface area contributed by atoms with Gasteiger partial charge in [0.1, 0.15) is 17.3 Å². The quantitative estimate of drug-likeness (QED) is 0.680. The molecule has 1 heterocycles. The Bertz CT molecular complexity index is 811. The number of benzene rings is 2. The van der Waals surface area contributed by atoms with Crippen molar-refractivity contribution in [3.8, 4) is 11.4 Å². The van der Waals surface area contributed by atoms with Crippen LogP contribution in [0.25, 0.3) is 5.69 Å². The summed E-state index contributed by atoms with van der Waals surface area (Å²) in [5, 5.41) is 7.89. The number of carbonyl (C=O) groups is 1. The fourth-order valence-electron chi connectivity index (χ4n) is 2.30. The largest absolute Gasteiger partial charge is 0.497 e. The molecule has 0 aliphatic heterocycles. The lowest BCUT2D eigenvalue weighted by Gasteiger charge is -2.08. The van der Waals surface area contributed by atoms with Crippen LogP contribution in [0.15, 0.2) is 48.5 Å². The summed E-state index contributed by atoms with van der Waals surface area (Å²) in [7, 11) is 1.60. The van der Waals surface area contributed by atoms with E-state index in [4.69, 9.17) is 4.74 Å². The van der Waals surface area contributed by atoms with E-state index in [9.17, 15) is 9.18 Å². The fourth-order valence-corrected chi connectivity index (χ4v) is 2.30. The van der Waals surface area contributed by atoms with Gasteiger partial charge in [0.05, 0.1) is 18.5 Å². The first-order valence-corrected chi connectivity index (χ1v) is 7.00. The maximum atomic E-state index is 13.1. The number of aldehydes is 1. The van der Waals surface area contributed by atoms with Crippen LogP contribution in [0.5, 0.6) is 5.75 Å². The van der Waals surface area contributed by atoms with Crippen LogP contribution in [0.3, 0.4) is 0 Å². The Morgan fingerprint density at radius 2 is 1.83 bits per heavy atom. The Morgan fingerprint density at radius 3 is 2.43 bits per heavy atom. The third kappa shape index (κ3) is 3.11. The number of aromatic nitrogens is 3. The highest BCUT2D eigenvalue weighted by atomic mass is 19.1. The summed E-state index contributed by atoms with van der Waals surface area (Å²) < 4.78 is 19.8. The molecule has 1 aromatic heterocycles. The molecule has 0 spiro atoms. The second-order valence-corrected chi connectivity index (χ2v) is 4.95. The lowest BCUT2D eigenvalue weighted by atomic mass is 10.1. The first kappa shape index (κ1) is 14.9. The van der Waals surface area contributed by atoms with Crippen molar-refractivity contribution in [2.24, 2.45) is 0 Å². The number of halogens is 1. The minimum Gasteiger partial charge on any atom is -0.497 e. The van der Waals surface area contributed by atoms with E-state index in [0.29, 0.717) is 24.1 Å². The van der Waals surface area contributed by atoms with Crippen molar-refractivity contribution < 1.29 is 13.9 Å². The Kier molecular flexibility index (Phi) is 4.14. The highest BCUT2D eigenvalue weighted by Crippen LogP contribution is 2.18. The molecule has 23 heavy (non-hydrogen) atoms. The van der Waals surface area contributed by atoms with Gasteiger partial charge < -0.3 is 4.74 Å². The van der Waals surface area contributed by atoms with Crippen LogP contribution < -0.4 is 4.74 Å². The maximum absolute atomic E-state index is 13.1. The monoisotopic (exact) mass is 311 g/mol. The molecule has 116 valence electrons. The van der Waals surface area contributed by atoms with Gasteiger partial charge in [-0.05, 0) is 42.0 Å². The lowest BCUT2D eigenvalue weighted by molar-refractivity contribution is 0.111. The van der Waals surface area contributed by atoms with Crippen LogP contribution in [0.2, 0.25) is 0 Å². The first-order chi connectivity index (χ1) is 11.2. The van der Waals surface area contributed by atoms with Gasteiger partial charge in [-0.3, -0.25) is 4.79 Å². The summed E-state index contributed by atoms with van der Waals surface area (Å²) >= 11 is 0. The van der Waals surface area contributed by atoms with E-state index >= 15 is 0 Å². The molecule has 0 unspecified atom stereocenters. The molecule has 0 radical (unpaired) electrons. The van der Waals surface area contributed by atoms with Gasteiger partial charge in [0, 0.05) is 6.42 Å². The van der Waals surface area contributed by atoms with Crippen molar-refractivity contribution in [1.29, 1.82) is 0 Å². The number of nitrogens with zero attached hydrogens (tertiary/aromatic N) is 3. The van der Waals surface area contributed by atoms with Crippen LogP contribution >= 0.6 is 0 Å². The number of rotatable bonds is 5. The van der Waals surface area contributed by atoms with E-state index in [0.717, 1.165) is 11.3 Å². The number of hydrogen-bond acceptors (Lipinski definition) is 4. The van der Waals surface area contributed by atoms with E-state index in [1.54, 1.807) is 23.9 Å². The maximum Gasteiger partial charge on any atom is 0.172 e. The summed E-state index contributed by atoms with van der Waals surface area (Å²) in [6.07, 6.45) is 1.15. The molecule has 0 fully saturated rings. The van der Waals surface area contributed by atoms with Crippen molar-refractivity contribution in [1.82, 2.24) is 15.0 Å². The van der Waals surface area contributed by atoms with E-state index < -0.39 is 0 Å². The third-order valence-corrected chi connectivity index (χ3v) is 3.51. The zero-order valence-corrected chi connectivity index (χ0v) is 12.4. The van der Waals surface area contributed by atoms with Gasteiger partial charge in [0.15, 0.2) is 6.29 Å². The standard InChI is InChI=1S/C17H14FN3O2/c1-23-15-8-2-12(3-9-15)10-17-16(11-22)19-20-21(17)14-6-4-13(18)5-7-14/h2-9,11H,10H2,1H3. The van der Waals surface area contributed by atoms with E-state index in [1.165, 1.54) is 12.1 Å². The molecule has 0 saturated heterocycles. The lowest BCUT2D eigenvalue weighted by Crippen LogP contribution is -2.05. The van der Waals surface area contributed by atoms with Crippen molar-refractivity contribution in [2.45, 2.75) is 6.42 Å². The number of ether oxygens (including phenoxy) is 1. The zero-order valence-electron chi connectivity index (χ0n) is 12.4. The van der Waals surface area contributed by atoms with Gasteiger partial charge in [-0.2, -0.15) is 0 Å². The van der Waals surface area contributed by atoms with Gasteiger partial charge in [-0.15, -0.1) is 5.10 Å². The van der Waals surface area contributed by atoms with Crippen molar-refractivity contribution in [3.63, 3.8) is 0 Å². The molecule has 6 heteroatoms.